The summed E-state index contributed by atoms with van der Waals surface area (Å²) in [6.07, 6.45) is 6.63. The highest BCUT2D eigenvalue weighted by atomic mass is 16.3. The van der Waals surface area contributed by atoms with Crippen LogP contribution in [0.25, 0.3) is 0 Å². The predicted molar refractivity (Wildman–Crippen MR) is 71.7 cm³/mol. The molecule has 2 heterocycles. The summed E-state index contributed by atoms with van der Waals surface area (Å²) in [6, 6.07) is 6.63. The molecule has 4 aliphatic rings. The van der Waals surface area contributed by atoms with Crippen LogP contribution in [-0.4, -0.2) is 11.1 Å². The average molecular weight is 243 g/mol. The topological polar surface area (TPSA) is 32.3 Å². The zero-order valence-electron chi connectivity index (χ0n) is 10.9. The van der Waals surface area contributed by atoms with Gasteiger partial charge in [0.25, 0.3) is 0 Å². The maximum atomic E-state index is 9.84. The van der Waals surface area contributed by atoms with Gasteiger partial charge in [-0.1, -0.05) is 18.9 Å². The molecule has 1 saturated heterocycles. The van der Waals surface area contributed by atoms with Crippen LogP contribution in [0.15, 0.2) is 18.2 Å². The van der Waals surface area contributed by atoms with Crippen LogP contribution in [0.2, 0.25) is 0 Å². The largest absolute Gasteiger partial charge is 0.508 e. The van der Waals surface area contributed by atoms with Gasteiger partial charge in [0.15, 0.2) is 0 Å². The first-order chi connectivity index (χ1) is 8.71. The molecule has 96 valence electrons. The van der Waals surface area contributed by atoms with Crippen molar-refractivity contribution in [2.75, 3.05) is 0 Å². The summed E-state index contributed by atoms with van der Waals surface area (Å²) in [5.74, 6) is 1.85. The van der Waals surface area contributed by atoms with Crippen LogP contribution in [0.4, 0.5) is 0 Å². The Morgan fingerprint density at radius 3 is 3.11 bits per heavy atom. The molecule has 4 atom stereocenters. The van der Waals surface area contributed by atoms with Crippen LogP contribution < -0.4 is 5.32 Å². The molecular formula is C16H21NO. The van der Waals surface area contributed by atoms with Crippen LogP contribution >= 0.6 is 0 Å². The van der Waals surface area contributed by atoms with E-state index in [1.54, 1.807) is 0 Å². The summed E-state index contributed by atoms with van der Waals surface area (Å²) >= 11 is 0. The molecule has 5 rings (SSSR count). The molecule has 0 aromatic heterocycles. The van der Waals surface area contributed by atoms with E-state index in [9.17, 15) is 5.11 Å². The van der Waals surface area contributed by atoms with Crippen molar-refractivity contribution in [1.29, 1.82) is 0 Å². The fourth-order valence-corrected chi connectivity index (χ4v) is 4.85. The maximum Gasteiger partial charge on any atom is 0.115 e. The summed E-state index contributed by atoms with van der Waals surface area (Å²) in [4.78, 5) is 0. The van der Waals surface area contributed by atoms with Crippen molar-refractivity contribution in [3.05, 3.63) is 29.3 Å². The van der Waals surface area contributed by atoms with Crippen LogP contribution in [0.5, 0.6) is 5.75 Å². The molecule has 1 unspecified atom stereocenters. The lowest BCUT2D eigenvalue weighted by Gasteiger charge is -2.59. The number of fused-ring (bicyclic) bond motifs is 1. The van der Waals surface area contributed by atoms with Gasteiger partial charge >= 0.3 is 0 Å². The standard InChI is InChI=1S/C16H21NO/c1-10-14-8-11-4-2-3-7-16(11,17-10)15-9-12(18)5-6-13(14)15/h5-6,9-11,14,17-18H,2-4,7-8H2,1H3/t10?,11-,14-,16-/m0/s1. The quantitative estimate of drug-likeness (QED) is 0.733. The summed E-state index contributed by atoms with van der Waals surface area (Å²) in [5, 5.41) is 13.7. The second-order valence-corrected chi connectivity index (χ2v) is 6.46. The highest BCUT2D eigenvalue weighted by Gasteiger charge is 2.53. The van der Waals surface area contributed by atoms with E-state index in [0.29, 0.717) is 17.7 Å². The molecule has 2 nitrogen and oxygen atoms in total. The number of benzene rings is 1. The number of piperidine rings is 1. The minimum Gasteiger partial charge on any atom is -0.508 e. The van der Waals surface area contributed by atoms with Crippen molar-refractivity contribution in [3.63, 3.8) is 0 Å². The van der Waals surface area contributed by atoms with Gasteiger partial charge in [-0.05, 0) is 61.3 Å². The van der Waals surface area contributed by atoms with E-state index < -0.39 is 0 Å². The van der Waals surface area contributed by atoms with Crippen LogP contribution in [0.3, 0.4) is 0 Å². The van der Waals surface area contributed by atoms with E-state index in [0.717, 1.165) is 5.92 Å². The van der Waals surface area contributed by atoms with E-state index in [4.69, 9.17) is 0 Å². The highest BCUT2D eigenvalue weighted by Crippen LogP contribution is 2.57. The molecule has 2 aliphatic carbocycles. The lowest BCUT2D eigenvalue weighted by atomic mass is 9.55. The summed E-state index contributed by atoms with van der Waals surface area (Å²) < 4.78 is 0. The molecule has 0 amide bonds. The normalized spacial score (nSPS) is 41.3. The molecule has 2 N–H and O–H groups in total. The fraction of sp³-hybridized carbons (Fsp3) is 0.625. The molecule has 2 fully saturated rings. The van der Waals surface area contributed by atoms with Crippen LogP contribution in [0, 0.1) is 5.92 Å². The first-order valence-corrected chi connectivity index (χ1v) is 7.32. The number of phenols is 1. The summed E-state index contributed by atoms with van der Waals surface area (Å²) in [7, 11) is 0. The molecule has 0 radical (unpaired) electrons. The van der Waals surface area contributed by atoms with Crippen molar-refractivity contribution >= 4 is 0 Å². The zero-order valence-corrected chi connectivity index (χ0v) is 10.9. The molecule has 1 spiro atoms. The zero-order chi connectivity index (χ0) is 12.3. The van der Waals surface area contributed by atoms with Crippen molar-refractivity contribution in [1.82, 2.24) is 5.32 Å². The molecule has 1 aromatic rings. The van der Waals surface area contributed by atoms with Crippen LogP contribution in [0.1, 0.15) is 56.1 Å². The Hall–Kier alpha value is -1.02. The van der Waals surface area contributed by atoms with Gasteiger partial charge in [-0.25, -0.2) is 0 Å². The Balaban J connectivity index is 1.94. The SMILES string of the molecule is CC1N[C@@]23CCCC[C@H]2C[C@@H]1c1ccc(O)cc13. The van der Waals surface area contributed by atoms with Gasteiger partial charge in [-0.2, -0.15) is 0 Å². The van der Waals surface area contributed by atoms with Crippen molar-refractivity contribution in [3.8, 4) is 5.75 Å². The third kappa shape index (κ3) is 1.22. The molecule has 2 bridgehead atoms. The Labute approximate surface area is 108 Å². The number of hydrogen-bond acceptors (Lipinski definition) is 2. The monoisotopic (exact) mass is 243 g/mol. The third-order valence-electron chi connectivity index (χ3n) is 5.61. The van der Waals surface area contributed by atoms with Gasteiger partial charge in [-0.15, -0.1) is 0 Å². The Morgan fingerprint density at radius 2 is 2.22 bits per heavy atom. The lowest BCUT2D eigenvalue weighted by molar-refractivity contribution is 0.0441. The van der Waals surface area contributed by atoms with Gasteiger partial charge in [0.05, 0.1) is 0 Å². The number of rotatable bonds is 0. The van der Waals surface area contributed by atoms with Gasteiger partial charge < -0.3 is 10.4 Å². The van der Waals surface area contributed by atoms with Gasteiger partial charge in [0.1, 0.15) is 5.75 Å². The lowest BCUT2D eigenvalue weighted by Crippen LogP contribution is -2.63. The number of phenolic OH excluding ortho intramolecular Hbond substituents is 1. The smallest absolute Gasteiger partial charge is 0.115 e. The molecule has 1 saturated carbocycles. The number of nitrogens with one attached hydrogen (secondary N) is 1. The predicted octanol–water partition coefficient (Wildman–Crippen LogP) is 3.26. The third-order valence-corrected chi connectivity index (χ3v) is 5.61. The number of hydrogen-bond donors (Lipinski definition) is 2. The first-order valence-electron chi connectivity index (χ1n) is 7.32. The second kappa shape index (κ2) is 3.51. The summed E-state index contributed by atoms with van der Waals surface area (Å²) in [5.41, 5.74) is 3.07. The molecule has 2 aliphatic heterocycles. The van der Waals surface area contributed by atoms with E-state index in [2.05, 4.69) is 18.3 Å². The molecule has 18 heavy (non-hydrogen) atoms. The van der Waals surface area contributed by atoms with E-state index in [1.165, 1.54) is 43.2 Å². The van der Waals surface area contributed by atoms with Crippen molar-refractivity contribution in [2.45, 2.75) is 56.5 Å². The Bertz CT molecular complexity index is 498. The maximum absolute atomic E-state index is 9.84. The number of aromatic hydroxyl groups is 1. The van der Waals surface area contributed by atoms with E-state index >= 15 is 0 Å². The Morgan fingerprint density at radius 1 is 1.33 bits per heavy atom. The first kappa shape index (κ1) is 10.9. The van der Waals surface area contributed by atoms with Crippen LogP contribution in [-0.2, 0) is 5.54 Å². The minimum absolute atomic E-state index is 0.167. The second-order valence-electron chi connectivity index (χ2n) is 6.46. The van der Waals surface area contributed by atoms with E-state index in [-0.39, 0.29) is 5.54 Å². The van der Waals surface area contributed by atoms with Gasteiger partial charge in [0.2, 0.25) is 0 Å². The molecular weight excluding hydrogens is 222 g/mol. The highest BCUT2D eigenvalue weighted by molar-refractivity contribution is 5.47. The van der Waals surface area contributed by atoms with Crippen molar-refractivity contribution < 1.29 is 5.11 Å². The molecule has 2 heteroatoms. The average Bonchev–Trinajstić information content (AvgIpc) is 2.38. The summed E-state index contributed by atoms with van der Waals surface area (Å²) in [6.45, 7) is 2.33. The van der Waals surface area contributed by atoms with E-state index in [1.807, 2.05) is 12.1 Å². The fourth-order valence-electron chi connectivity index (χ4n) is 4.85. The van der Waals surface area contributed by atoms with Crippen molar-refractivity contribution in [2.24, 2.45) is 5.92 Å². The van der Waals surface area contributed by atoms with Gasteiger partial charge in [-0.3, -0.25) is 0 Å². The minimum atomic E-state index is 0.167. The Kier molecular flexibility index (Phi) is 2.12. The van der Waals surface area contributed by atoms with Gasteiger partial charge in [0, 0.05) is 11.6 Å². The molecule has 1 aromatic carbocycles.